The zero-order valence-electron chi connectivity index (χ0n) is 20.2. The first-order valence-electron chi connectivity index (χ1n) is 12.3. The van der Waals surface area contributed by atoms with Crippen LogP contribution in [0.2, 0.25) is 0 Å². The summed E-state index contributed by atoms with van der Waals surface area (Å²) in [7, 11) is 3.48. The van der Waals surface area contributed by atoms with E-state index in [1.54, 1.807) is 0 Å². The molecule has 0 radical (unpaired) electrons. The number of rotatable bonds is 8. The van der Waals surface area contributed by atoms with Crippen molar-refractivity contribution in [2.24, 2.45) is 5.92 Å². The second-order valence-corrected chi connectivity index (χ2v) is 10.0. The highest BCUT2D eigenvalue weighted by Crippen LogP contribution is 2.28. The summed E-state index contributed by atoms with van der Waals surface area (Å²) < 4.78 is 11.0. The number of quaternary nitrogens is 1. The number of esters is 1. The lowest BCUT2D eigenvalue weighted by molar-refractivity contribution is -0.828. The summed E-state index contributed by atoms with van der Waals surface area (Å²) in [5, 5.41) is 0. The van der Waals surface area contributed by atoms with E-state index in [0.717, 1.165) is 78.3 Å². The maximum absolute atomic E-state index is 12.9. The molecule has 1 amide bonds. The van der Waals surface area contributed by atoms with E-state index in [9.17, 15) is 9.59 Å². The molecular formula is C25H39N4O4+. The van der Waals surface area contributed by atoms with Crippen LogP contribution in [0.1, 0.15) is 24.8 Å². The van der Waals surface area contributed by atoms with Crippen LogP contribution in [0, 0.1) is 5.92 Å². The Bertz CT molecular complexity index is 791. The molecule has 33 heavy (non-hydrogen) atoms. The van der Waals surface area contributed by atoms with E-state index in [-0.39, 0.29) is 18.3 Å². The van der Waals surface area contributed by atoms with Crippen molar-refractivity contribution < 1.29 is 23.5 Å². The number of likely N-dealkylation sites (N-methyl/N-ethyl adjacent to an activating group) is 1. The molecule has 3 aliphatic rings. The van der Waals surface area contributed by atoms with Gasteiger partial charge in [0.25, 0.3) is 0 Å². The number of benzene rings is 1. The van der Waals surface area contributed by atoms with Gasteiger partial charge in [0.05, 0.1) is 27.1 Å². The predicted octanol–water partition coefficient (Wildman–Crippen LogP) is 2.00. The Morgan fingerprint density at radius 1 is 1.06 bits per heavy atom. The molecule has 0 aromatic heterocycles. The maximum Gasteiger partial charge on any atom is 0.517 e. The average Bonchev–Trinajstić information content (AvgIpc) is 3.13. The smallest absolute Gasteiger partial charge is 0.469 e. The Kier molecular flexibility index (Phi) is 8.01. The standard InChI is InChI=1S/C25H39N4O4/c1-29(19-22-8-11-27(12-9-22)18-21-6-4-3-5-7-21)20-23(33-25(29)31)28-16-14-26(15-17-28)13-10-24(30)32-2/h3-7,22-23H,8-20H2,1-2H3/q+1. The number of nitrogens with zero attached hydrogens (tertiary/aromatic N) is 4. The van der Waals surface area contributed by atoms with Crippen molar-refractivity contribution in [2.45, 2.75) is 32.0 Å². The average molecular weight is 460 g/mol. The van der Waals surface area contributed by atoms with Crippen LogP contribution in [0.3, 0.4) is 0 Å². The second kappa shape index (κ2) is 11.0. The molecule has 0 bridgehead atoms. The maximum atomic E-state index is 12.9. The Labute approximate surface area is 197 Å². The van der Waals surface area contributed by atoms with Gasteiger partial charge in [0.1, 0.15) is 6.54 Å². The molecule has 3 heterocycles. The molecule has 3 fully saturated rings. The van der Waals surface area contributed by atoms with Gasteiger partial charge in [-0.1, -0.05) is 30.3 Å². The summed E-state index contributed by atoms with van der Waals surface area (Å²) in [6.45, 7) is 8.99. The van der Waals surface area contributed by atoms with Crippen LogP contribution in [0.5, 0.6) is 0 Å². The van der Waals surface area contributed by atoms with E-state index in [0.29, 0.717) is 16.8 Å². The number of hydrogen-bond donors (Lipinski definition) is 0. The van der Waals surface area contributed by atoms with Gasteiger partial charge >= 0.3 is 12.1 Å². The quantitative estimate of drug-likeness (QED) is 0.435. The monoisotopic (exact) mass is 459 g/mol. The van der Waals surface area contributed by atoms with Crippen LogP contribution in [0.4, 0.5) is 4.79 Å². The molecule has 8 heteroatoms. The number of piperazine rings is 1. The Morgan fingerprint density at radius 2 is 1.76 bits per heavy atom. The van der Waals surface area contributed by atoms with Gasteiger partial charge < -0.3 is 14.4 Å². The van der Waals surface area contributed by atoms with Gasteiger partial charge in [0.2, 0.25) is 6.23 Å². The minimum absolute atomic E-state index is 0.0835. The first kappa shape index (κ1) is 24.1. The summed E-state index contributed by atoms with van der Waals surface area (Å²) >= 11 is 0. The van der Waals surface area contributed by atoms with Crippen molar-refractivity contribution in [2.75, 3.05) is 73.1 Å². The number of ether oxygens (including phenoxy) is 2. The van der Waals surface area contributed by atoms with Crippen LogP contribution in [-0.4, -0.2) is 111 Å². The molecule has 0 spiro atoms. The lowest BCUT2D eigenvalue weighted by Crippen LogP contribution is -2.54. The summed E-state index contributed by atoms with van der Waals surface area (Å²) in [6, 6.07) is 10.7. The van der Waals surface area contributed by atoms with Crippen molar-refractivity contribution >= 4 is 12.1 Å². The van der Waals surface area contributed by atoms with E-state index in [4.69, 9.17) is 9.47 Å². The van der Waals surface area contributed by atoms with Crippen LogP contribution in [0.25, 0.3) is 0 Å². The second-order valence-electron chi connectivity index (χ2n) is 10.0. The van der Waals surface area contributed by atoms with Crippen molar-refractivity contribution in [1.82, 2.24) is 14.7 Å². The number of carbonyl (C=O) groups is 2. The number of carbonyl (C=O) groups excluding carboxylic acids is 2. The molecule has 2 unspecified atom stereocenters. The number of piperidine rings is 1. The number of likely N-dealkylation sites (tertiary alicyclic amines) is 1. The van der Waals surface area contributed by atoms with Crippen LogP contribution < -0.4 is 0 Å². The third-order valence-corrected chi connectivity index (χ3v) is 7.53. The summed E-state index contributed by atoms with van der Waals surface area (Å²) in [5.41, 5.74) is 1.37. The molecule has 0 saturated carbocycles. The lowest BCUT2D eigenvalue weighted by atomic mass is 9.95. The molecule has 8 nitrogen and oxygen atoms in total. The number of methoxy groups -OCH3 is 1. The molecule has 0 N–H and O–H groups in total. The molecule has 3 aliphatic heterocycles. The fourth-order valence-corrected chi connectivity index (χ4v) is 5.40. The van der Waals surface area contributed by atoms with E-state index in [2.05, 4.69) is 45.0 Å². The molecule has 3 saturated heterocycles. The Morgan fingerprint density at radius 3 is 2.42 bits per heavy atom. The number of amides is 1. The highest BCUT2D eigenvalue weighted by molar-refractivity contribution is 5.69. The van der Waals surface area contributed by atoms with Gasteiger partial charge in [-0.2, -0.15) is 4.79 Å². The van der Waals surface area contributed by atoms with E-state index in [1.807, 2.05) is 7.05 Å². The topological polar surface area (TPSA) is 62.3 Å². The summed E-state index contributed by atoms with van der Waals surface area (Å²) in [4.78, 5) is 31.3. The van der Waals surface area contributed by atoms with Crippen molar-refractivity contribution in [3.63, 3.8) is 0 Å². The molecule has 1 aromatic carbocycles. The van der Waals surface area contributed by atoms with Gasteiger partial charge in [0, 0.05) is 45.2 Å². The minimum Gasteiger partial charge on any atom is -0.469 e. The van der Waals surface area contributed by atoms with Gasteiger partial charge in [-0.15, -0.1) is 0 Å². The molecule has 4 rings (SSSR count). The van der Waals surface area contributed by atoms with Crippen LogP contribution in [-0.2, 0) is 20.8 Å². The minimum atomic E-state index is -0.166. The Hall–Kier alpha value is -2.00. The van der Waals surface area contributed by atoms with E-state index in [1.165, 1.54) is 12.7 Å². The Balaban J connectivity index is 1.21. The van der Waals surface area contributed by atoms with Gasteiger partial charge in [-0.25, -0.2) is 4.48 Å². The van der Waals surface area contributed by atoms with E-state index < -0.39 is 0 Å². The number of hydrogen-bond acceptors (Lipinski definition) is 7. The third-order valence-electron chi connectivity index (χ3n) is 7.53. The molecule has 182 valence electrons. The van der Waals surface area contributed by atoms with Gasteiger partial charge in [-0.05, 0) is 31.5 Å². The van der Waals surface area contributed by atoms with Crippen LogP contribution in [0.15, 0.2) is 30.3 Å². The van der Waals surface area contributed by atoms with Gasteiger partial charge in [-0.3, -0.25) is 14.6 Å². The fourth-order valence-electron chi connectivity index (χ4n) is 5.40. The molecule has 0 aliphatic carbocycles. The summed E-state index contributed by atoms with van der Waals surface area (Å²) in [6.07, 6.45) is 2.48. The normalized spacial score (nSPS) is 28.1. The zero-order valence-corrected chi connectivity index (χ0v) is 20.2. The van der Waals surface area contributed by atoms with Crippen LogP contribution >= 0.6 is 0 Å². The molecular weight excluding hydrogens is 420 g/mol. The van der Waals surface area contributed by atoms with Crippen molar-refractivity contribution in [3.8, 4) is 0 Å². The SMILES string of the molecule is COC(=O)CCN1CCN(C2C[N+](C)(CC3CCN(Cc4ccccc4)CC3)C(=O)O2)CC1. The summed E-state index contributed by atoms with van der Waals surface area (Å²) in [5.74, 6) is 0.393. The van der Waals surface area contributed by atoms with E-state index >= 15 is 0 Å². The highest BCUT2D eigenvalue weighted by Gasteiger charge is 2.49. The number of cyclic esters (lactones) is 1. The molecule has 1 aromatic rings. The van der Waals surface area contributed by atoms with Crippen molar-refractivity contribution in [1.29, 1.82) is 0 Å². The largest absolute Gasteiger partial charge is 0.517 e. The highest BCUT2D eigenvalue weighted by atomic mass is 16.6. The molecule has 2 atom stereocenters. The lowest BCUT2D eigenvalue weighted by Gasteiger charge is -2.37. The first-order valence-corrected chi connectivity index (χ1v) is 12.3. The van der Waals surface area contributed by atoms with Gasteiger partial charge in [0.15, 0.2) is 0 Å². The van der Waals surface area contributed by atoms with Crippen molar-refractivity contribution in [3.05, 3.63) is 35.9 Å². The first-order chi connectivity index (χ1) is 15.9. The zero-order chi connectivity index (χ0) is 23.3. The predicted molar refractivity (Wildman–Crippen MR) is 125 cm³/mol. The fraction of sp³-hybridized carbons (Fsp3) is 0.680. The third kappa shape index (κ3) is 6.32.